The Morgan fingerprint density at radius 3 is 2.76 bits per heavy atom. The lowest BCUT2D eigenvalue weighted by atomic mass is 9.89. The largest absolute Gasteiger partial charge is 0.469 e. The summed E-state index contributed by atoms with van der Waals surface area (Å²) in [7, 11) is 1.32. The Morgan fingerprint density at radius 1 is 1.41 bits per heavy atom. The summed E-state index contributed by atoms with van der Waals surface area (Å²) in [6.07, 6.45) is 0.513. The second kappa shape index (κ2) is 4.99. The molecule has 4 nitrogen and oxygen atoms in total. The minimum atomic E-state index is -0.479. The predicted molar refractivity (Wildman–Crippen MR) is 60.1 cm³/mol. The summed E-state index contributed by atoms with van der Waals surface area (Å²) in [5.74, 6) is -1.60. The molecule has 4 heteroatoms. The molecule has 0 spiro atoms. The van der Waals surface area contributed by atoms with E-state index in [2.05, 4.69) is 4.74 Å². The summed E-state index contributed by atoms with van der Waals surface area (Å²) >= 11 is 0. The molecule has 2 atom stereocenters. The molecular weight excluding hydrogens is 220 g/mol. The van der Waals surface area contributed by atoms with Gasteiger partial charge in [0, 0.05) is 0 Å². The molecule has 0 aromatic heterocycles. The van der Waals surface area contributed by atoms with Crippen LogP contribution in [0.4, 0.5) is 0 Å². The zero-order valence-corrected chi connectivity index (χ0v) is 9.59. The van der Waals surface area contributed by atoms with Gasteiger partial charge in [-0.2, -0.15) is 0 Å². The first-order valence-electron chi connectivity index (χ1n) is 5.50. The molecule has 0 amide bonds. The van der Waals surface area contributed by atoms with Crippen LogP contribution in [0, 0.1) is 11.8 Å². The van der Waals surface area contributed by atoms with Crippen molar-refractivity contribution in [2.45, 2.75) is 6.42 Å². The van der Waals surface area contributed by atoms with Crippen LogP contribution in [-0.2, 0) is 25.5 Å². The van der Waals surface area contributed by atoms with Crippen molar-refractivity contribution in [3.05, 3.63) is 35.9 Å². The quantitative estimate of drug-likeness (QED) is 0.737. The SMILES string of the molecule is COC(=O)[C@@H]1COC(=O)[C@H]1Cc1ccccc1. The lowest BCUT2D eigenvalue weighted by molar-refractivity contribution is -0.147. The molecule has 1 aliphatic rings. The van der Waals surface area contributed by atoms with Crippen molar-refractivity contribution in [2.75, 3.05) is 13.7 Å². The van der Waals surface area contributed by atoms with Crippen LogP contribution < -0.4 is 0 Å². The maximum atomic E-state index is 11.6. The summed E-state index contributed by atoms with van der Waals surface area (Å²) in [6.45, 7) is 0.128. The highest BCUT2D eigenvalue weighted by Gasteiger charge is 2.42. The van der Waals surface area contributed by atoms with Crippen LogP contribution in [0.15, 0.2) is 30.3 Å². The van der Waals surface area contributed by atoms with Crippen molar-refractivity contribution in [2.24, 2.45) is 11.8 Å². The number of hydrogen-bond donors (Lipinski definition) is 0. The van der Waals surface area contributed by atoms with Gasteiger partial charge in [0.05, 0.1) is 13.0 Å². The summed E-state index contributed by atoms with van der Waals surface area (Å²) in [5, 5.41) is 0. The number of esters is 2. The number of ether oxygens (including phenoxy) is 2. The Kier molecular flexibility index (Phi) is 3.42. The number of hydrogen-bond acceptors (Lipinski definition) is 4. The topological polar surface area (TPSA) is 52.6 Å². The fraction of sp³-hybridized carbons (Fsp3) is 0.385. The van der Waals surface area contributed by atoms with E-state index in [-0.39, 0.29) is 18.5 Å². The summed E-state index contributed by atoms with van der Waals surface area (Å²) in [6, 6.07) is 9.58. The van der Waals surface area contributed by atoms with E-state index in [1.165, 1.54) is 7.11 Å². The van der Waals surface area contributed by atoms with E-state index in [0.717, 1.165) is 5.56 Å². The number of carbonyl (C=O) groups excluding carboxylic acids is 2. The molecule has 0 N–H and O–H groups in total. The number of carbonyl (C=O) groups is 2. The van der Waals surface area contributed by atoms with E-state index < -0.39 is 11.8 Å². The van der Waals surface area contributed by atoms with Gasteiger partial charge in [0.1, 0.15) is 12.5 Å². The summed E-state index contributed by atoms with van der Waals surface area (Å²) in [5.41, 5.74) is 1.02. The van der Waals surface area contributed by atoms with E-state index in [9.17, 15) is 9.59 Å². The van der Waals surface area contributed by atoms with Crippen LogP contribution in [0.1, 0.15) is 5.56 Å². The first-order valence-corrected chi connectivity index (χ1v) is 5.50. The molecular formula is C13H14O4. The van der Waals surface area contributed by atoms with Crippen molar-refractivity contribution in [3.63, 3.8) is 0 Å². The Labute approximate surface area is 99.5 Å². The van der Waals surface area contributed by atoms with Crippen molar-refractivity contribution in [1.82, 2.24) is 0 Å². The van der Waals surface area contributed by atoms with Crippen molar-refractivity contribution >= 4 is 11.9 Å². The molecule has 17 heavy (non-hydrogen) atoms. The molecule has 0 bridgehead atoms. The maximum absolute atomic E-state index is 11.6. The van der Waals surface area contributed by atoms with Crippen LogP contribution in [-0.4, -0.2) is 25.7 Å². The van der Waals surface area contributed by atoms with Gasteiger partial charge >= 0.3 is 11.9 Å². The van der Waals surface area contributed by atoms with E-state index in [1.807, 2.05) is 30.3 Å². The molecule has 2 rings (SSSR count). The van der Waals surface area contributed by atoms with Gasteiger partial charge in [-0.15, -0.1) is 0 Å². The van der Waals surface area contributed by atoms with Gasteiger partial charge in [-0.05, 0) is 12.0 Å². The Balaban J connectivity index is 2.12. The highest BCUT2D eigenvalue weighted by atomic mass is 16.6. The van der Waals surface area contributed by atoms with Gasteiger partial charge < -0.3 is 9.47 Å². The van der Waals surface area contributed by atoms with Crippen LogP contribution in [0.2, 0.25) is 0 Å². The van der Waals surface area contributed by atoms with Gasteiger partial charge in [0.25, 0.3) is 0 Å². The summed E-state index contributed by atoms with van der Waals surface area (Å²) < 4.78 is 9.61. The third-order valence-corrected chi connectivity index (χ3v) is 3.00. The van der Waals surface area contributed by atoms with Crippen molar-refractivity contribution < 1.29 is 19.1 Å². The molecule has 0 aliphatic carbocycles. The van der Waals surface area contributed by atoms with E-state index >= 15 is 0 Å². The molecule has 1 heterocycles. The molecule has 1 aromatic carbocycles. The van der Waals surface area contributed by atoms with Gasteiger partial charge in [0.15, 0.2) is 0 Å². The van der Waals surface area contributed by atoms with Gasteiger partial charge in [-0.25, -0.2) is 0 Å². The Hall–Kier alpha value is -1.84. The summed E-state index contributed by atoms with van der Waals surface area (Å²) in [4.78, 5) is 23.1. The van der Waals surface area contributed by atoms with E-state index in [4.69, 9.17) is 4.74 Å². The fourth-order valence-electron chi connectivity index (χ4n) is 2.04. The standard InChI is InChI=1S/C13H14O4/c1-16-12(14)11-8-17-13(15)10(11)7-9-5-3-2-4-6-9/h2-6,10-11H,7-8H2,1H3/t10-,11+/m0/s1. The molecule has 1 saturated heterocycles. The average molecular weight is 234 g/mol. The van der Waals surface area contributed by atoms with Crippen LogP contribution >= 0.6 is 0 Å². The molecule has 1 fully saturated rings. The van der Waals surface area contributed by atoms with Crippen LogP contribution in [0.5, 0.6) is 0 Å². The van der Waals surface area contributed by atoms with Gasteiger partial charge in [-0.1, -0.05) is 30.3 Å². The fourth-order valence-corrected chi connectivity index (χ4v) is 2.04. The third-order valence-electron chi connectivity index (χ3n) is 3.00. The molecule has 0 saturated carbocycles. The van der Waals surface area contributed by atoms with Gasteiger partial charge in [-0.3, -0.25) is 9.59 Å². The molecule has 0 unspecified atom stereocenters. The molecule has 1 aliphatic heterocycles. The minimum Gasteiger partial charge on any atom is -0.469 e. The number of cyclic esters (lactones) is 1. The number of methoxy groups -OCH3 is 1. The Morgan fingerprint density at radius 2 is 2.12 bits per heavy atom. The third kappa shape index (κ3) is 2.46. The lowest BCUT2D eigenvalue weighted by Crippen LogP contribution is -2.26. The van der Waals surface area contributed by atoms with E-state index in [1.54, 1.807) is 0 Å². The lowest BCUT2D eigenvalue weighted by Gasteiger charge is -2.12. The second-order valence-corrected chi connectivity index (χ2v) is 4.06. The highest BCUT2D eigenvalue weighted by molar-refractivity contribution is 5.85. The van der Waals surface area contributed by atoms with Crippen molar-refractivity contribution in [1.29, 1.82) is 0 Å². The predicted octanol–water partition coefficient (Wildman–Crippen LogP) is 1.19. The zero-order valence-electron chi connectivity index (χ0n) is 9.59. The number of rotatable bonds is 3. The maximum Gasteiger partial charge on any atom is 0.313 e. The van der Waals surface area contributed by atoms with Gasteiger partial charge in [0.2, 0.25) is 0 Å². The number of benzene rings is 1. The second-order valence-electron chi connectivity index (χ2n) is 4.06. The van der Waals surface area contributed by atoms with E-state index in [0.29, 0.717) is 6.42 Å². The zero-order chi connectivity index (χ0) is 12.3. The first kappa shape index (κ1) is 11.6. The molecule has 90 valence electrons. The monoisotopic (exact) mass is 234 g/mol. The highest BCUT2D eigenvalue weighted by Crippen LogP contribution is 2.26. The average Bonchev–Trinajstić information content (AvgIpc) is 2.72. The molecule has 1 aromatic rings. The van der Waals surface area contributed by atoms with Crippen LogP contribution in [0.25, 0.3) is 0 Å². The molecule has 0 radical (unpaired) electrons. The minimum absolute atomic E-state index is 0.128. The Bertz CT molecular complexity index is 413. The van der Waals surface area contributed by atoms with Crippen molar-refractivity contribution in [3.8, 4) is 0 Å². The normalized spacial score (nSPS) is 23.2. The first-order chi connectivity index (χ1) is 8.22. The van der Waals surface area contributed by atoms with Crippen LogP contribution in [0.3, 0.4) is 0 Å². The smallest absolute Gasteiger partial charge is 0.313 e.